The molecule has 0 saturated carbocycles. The minimum atomic E-state index is -5.72. The first kappa shape index (κ1) is 27.3. The minimum Gasteiger partial charge on any atom is -0.480 e. The first-order valence-corrected chi connectivity index (χ1v) is 10.5. The Morgan fingerprint density at radius 3 is 2.16 bits per heavy atom. The normalized spacial score (nSPS) is 17.2. The lowest BCUT2D eigenvalue weighted by Crippen LogP contribution is -2.39. The number of carbonyl (C=O) groups excluding carboxylic acids is 1. The lowest BCUT2D eigenvalue weighted by Gasteiger charge is -2.18. The molecule has 1 aromatic carbocycles. The number of likely N-dealkylation sites (tertiary alicyclic amines) is 1. The molecule has 178 valence electrons. The van der Waals surface area contributed by atoms with E-state index >= 15 is 0 Å². The monoisotopic (exact) mass is 500 g/mol. The van der Waals surface area contributed by atoms with Crippen molar-refractivity contribution in [1.29, 1.82) is 0 Å². The van der Waals surface area contributed by atoms with Crippen molar-refractivity contribution in [2.75, 3.05) is 6.54 Å². The summed E-state index contributed by atoms with van der Waals surface area (Å²) in [5, 5.41) is 17.3. The second-order valence-electron chi connectivity index (χ2n) is 6.52. The van der Waals surface area contributed by atoms with E-state index in [4.69, 9.17) is 28.2 Å². The maximum absolute atomic E-state index is 12.1. The van der Waals surface area contributed by atoms with Crippen molar-refractivity contribution in [3.05, 3.63) is 29.8 Å². The van der Waals surface area contributed by atoms with Crippen molar-refractivity contribution < 1.29 is 50.4 Å². The molecule has 0 aromatic heterocycles. The molecule has 0 radical (unpaired) electrons. The number of carbonyl (C=O) groups is 3. The zero-order valence-electron chi connectivity index (χ0n) is 16.4. The number of halogens is 3. The van der Waals surface area contributed by atoms with E-state index in [9.17, 15) is 36.0 Å². The summed E-state index contributed by atoms with van der Waals surface area (Å²) >= 11 is 4.85. The van der Waals surface area contributed by atoms with Crippen molar-refractivity contribution in [2.24, 2.45) is 5.73 Å². The molecule has 10 nitrogen and oxygen atoms in total. The summed E-state index contributed by atoms with van der Waals surface area (Å²) in [4.78, 5) is 34.0. The van der Waals surface area contributed by atoms with Crippen molar-refractivity contribution in [2.45, 2.75) is 37.4 Å². The molecule has 1 aromatic rings. The van der Waals surface area contributed by atoms with Crippen LogP contribution in [0, 0.1) is 0 Å². The maximum Gasteiger partial charge on any atom is 0.534 e. The van der Waals surface area contributed by atoms with Crippen LogP contribution in [0.15, 0.2) is 24.3 Å². The summed E-state index contributed by atoms with van der Waals surface area (Å²) in [5.74, 6) is -2.98. The number of alkyl halides is 3. The van der Waals surface area contributed by atoms with Crippen LogP contribution in [0.1, 0.15) is 18.9 Å². The Morgan fingerprint density at radius 1 is 1.25 bits per heavy atom. The van der Waals surface area contributed by atoms with E-state index < -0.39 is 45.4 Å². The Bertz CT molecular complexity index is 957. The van der Waals surface area contributed by atoms with E-state index in [-0.39, 0.29) is 12.3 Å². The zero-order valence-corrected chi connectivity index (χ0v) is 18.0. The highest BCUT2D eigenvalue weighted by molar-refractivity contribution is 7.88. The third-order valence-corrected chi connectivity index (χ3v) is 5.29. The quantitative estimate of drug-likeness (QED) is 0.291. The topological polar surface area (TPSA) is 164 Å². The molecule has 1 amide bonds. The molecule has 0 spiro atoms. The lowest BCUT2D eigenvalue weighted by atomic mass is 10.1. The average Bonchev–Trinajstić information content (AvgIpc) is 3.05. The van der Waals surface area contributed by atoms with Gasteiger partial charge in [0.2, 0.25) is 5.91 Å². The van der Waals surface area contributed by atoms with E-state index in [0.717, 1.165) is 12.1 Å². The summed E-state index contributed by atoms with van der Waals surface area (Å²) < 4.78 is 61.5. The van der Waals surface area contributed by atoms with Gasteiger partial charge in [0.25, 0.3) is 0 Å². The standard InChI is InChI=1S/C10H10F3NO5S.C7H9NO3S/c11-10(12,13)20(17,18)19-7-3-1-6(2-4-7)5-8(14)9(15)16;1-4(9)8-3-5(12)2-6(8)7(10)11/h1-4,8H,5,14H2,(H,15,16);6H,2-3H2,1H3,(H,10,11)/t8-;6-/m00/s1. The fourth-order valence-electron chi connectivity index (χ4n) is 2.44. The average molecular weight is 500 g/mol. The van der Waals surface area contributed by atoms with Gasteiger partial charge in [-0.2, -0.15) is 21.6 Å². The lowest BCUT2D eigenvalue weighted by molar-refractivity contribution is -0.147. The highest BCUT2D eigenvalue weighted by Crippen LogP contribution is 2.27. The van der Waals surface area contributed by atoms with E-state index in [2.05, 4.69) is 4.18 Å². The van der Waals surface area contributed by atoms with Crippen LogP contribution in [0.2, 0.25) is 0 Å². The first-order chi connectivity index (χ1) is 14.5. The Kier molecular flexibility index (Phi) is 9.11. The van der Waals surface area contributed by atoms with Crippen molar-refractivity contribution in [3.63, 3.8) is 0 Å². The van der Waals surface area contributed by atoms with Crippen LogP contribution in [0.3, 0.4) is 0 Å². The predicted octanol–water partition coefficient (Wildman–Crippen LogP) is 0.931. The fourth-order valence-corrected chi connectivity index (χ4v) is 3.19. The number of rotatable bonds is 6. The van der Waals surface area contributed by atoms with Crippen LogP contribution >= 0.6 is 12.2 Å². The summed E-state index contributed by atoms with van der Waals surface area (Å²) in [5.41, 5.74) is 0.167. The Labute approximate surface area is 185 Å². The van der Waals surface area contributed by atoms with Crippen molar-refractivity contribution in [3.8, 4) is 5.75 Å². The molecular weight excluding hydrogens is 481 g/mol. The van der Waals surface area contributed by atoms with Gasteiger partial charge in [-0.1, -0.05) is 24.4 Å². The van der Waals surface area contributed by atoms with Gasteiger partial charge in [-0.05, 0) is 24.1 Å². The zero-order chi connectivity index (χ0) is 24.9. The predicted molar refractivity (Wildman–Crippen MR) is 107 cm³/mol. The third kappa shape index (κ3) is 7.72. The molecule has 32 heavy (non-hydrogen) atoms. The number of carboxylic acid groups (broad SMARTS) is 2. The molecule has 0 aliphatic carbocycles. The van der Waals surface area contributed by atoms with Crippen LogP contribution in [0.5, 0.6) is 5.75 Å². The minimum absolute atomic E-state index is 0.0539. The van der Waals surface area contributed by atoms with Gasteiger partial charge in [0.15, 0.2) is 0 Å². The second-order valence-corrected chi connectivity index (χ2v) is 8.63. The first-order valence-electron chi connectivity index (χ1n) is 8.65. The molecule has 2 atom stereocenters. The number of aliphatic carboxylic acids is 2. The molecule has 15 heteroatoms. The van der Waals surface area contributed by atoms with Crippen LogP contribution < -0.4 is 9.92 Å². The number of benzene rings is 1. The van der Waals surface area contributed by atoms with Gasteiger partial charge in [-0.15, -0.1) is 0 Å². The van der Waals surface area contributed by atoms with Crippen LogP contribution in [0.25, 0.3) is 0 Å². The van der Waals surface area contributed by atoms with Crippen molar-refractivity contribution in [1.82, 2.24) is 4.90 Å². The molecule has 4 N–H and O–H groups in total. The number of thiocarbonyl (C=S) groups is 1. The number of hydrogen-bond acceptors (Lipinski definition) is 8. The molecular formula is C17H19F3N2O8S2. The van der Waals surface area contributed by atoms with Gasteiger partial charge in [-0.25, -0.2) is 4.79 Å². The van der Waals surface area contributed by atoms with Gasteiger partial charge in [-0.3, -0.25) is 9.59 Å². The summed E-state index contributed by atoms with van der Waals surface area (Å²) in [7, 11) is -5.72. The second kappa shape index (κ2) is 10.7. The third-order valence-electron chi connectivity index (χ3n) is 4.02. The molecule has 0 unspecified atom stereocenters. The number of nitrogens with two attached hydrogens (primary N) is 1. The summed E-state index contributed by atoms with van der Waals surface area (Å²) in [6.45, 7) is 1.66. The molecule has 1 heterocycles. The van der Waals surface area contributed by atoms with Crippen LogP contribution in [-0.2, 0) is 30.9 Å². The van der Waals surface area contributed by atoms with E-state index in [1.807, 2.05) is 0 Å². The molecule has 1 fully saturated rings. The Morgan fingerprint density at radius 2 is 1.78 bits per heavy atom. The van der Waals surface area contributed by atoms with Crippen LogP contribution in [-0.4, -0.2) is 70.4 Å². The number of hydrogen-bond donors (Lipinski definition) is 3. The fraction of sp³-hybridized carbons (Fsp3) is 0.412. The molecule has 1 saturated heterocycles. The number of amides is 1. The van der Waals surface area contributed by atoms with Gasteiger partial charge in [0, 0.05) is 18.2 Å². The smallest absolute Gasteiger partial charge is 0.480 e. The summed E-state index contributed by atoms with van der Waals surface area (Å²) in [6.07, 6.45) is 0.256. The largest absolute Gasteiger partial charge is 0.534 e. The van der Waals surface area contributed by atoms with Crippen LogP contribution in [0.4, 0.5) is 13.2 Å². The summed E-state index contributed by atoms with van der Waals surface area (Å²) in [6, 6.07) is 2.50. The Hall–Kier alpha value is -2.78. The van der Waals surface area contributed by atoms with E-state index in [1.54, 1.807) is 0 Å². The van der Waals surface area contributed by atoms with E-state index in [1.165, 1.54) is 24.0 Å². The van der Waals surface area contributed by atoms with Gasteiger partial charge in [0.05, 0.1) is 6.54 Å². The van der Waals surface area contributed by atoms with Gasteiger partial charge < -0.3 is 25.0 Å². The number of carboxylic acids is 2. The molecule has 0 bridgehead atoms. The number of nitrogens with zero attached hydrogens (tertiary/aromatic N) is 1. The maximum atomic E-state index is 12.1. The Balaban J connectivity index is 0.000000363. The highest BCUT2D eigenvalue weighted by Gasteiger charge is 2.48. The van der Waals surface area contributed by atoms with E-state index in [0.29, 0.717) is 23.4 Å². The molecule has 2 rings (SSSR count). The highest BCUT2D eigenvalue weighted by atomic mass is 32.2. The van der Waals surface area contributed by atoms with Gasteiger partial charge >= 0.3 is 27.6 Å². The molecule has 1 aliphatic rings. The molecule has 1 aliphatic heterocycles. The van der Waals surface area contributed by atoms with Gasteiger partial charge in [0.1, 0.15) is 17.8 Å². The SMILES string of the molecule is CC(=O)N1CC(=S)C[C@H]1C(=O)O.N[C@@H](Cc1ccc(OS(=O)(=O)C(F)(F)F)cc1)C(=O)O. The van der Waals surface area contributed by atoms with Crippen molar-refractivity contribution >= 4 is 45.0 Å².